The van der Waals surface area contributed by atoms with Crippen LogP contribution in [-0.4, -0.2) is 66.3 Å². The number of nitrogens with zero attached hydrogens (tertiary/aromatic N) is 3. The number of likely N-dealkylation sites (N-methyl/N-ethyl adjacent to an activating group) is 1. The fourth-order valence-corrected chi connectivity index (χ4v) is 2.66. The lowest BCUT2D eigenvalue weighted by Gasteiger charge is -2.25. The molecule has 0 atom stereocenters. The Hall–Kier alpha value is -1.88. The highest BCUT2D eigenvalue weighted by atomic mass is 16.2. The van der Waals surface area contributed by atoms with Crippen molar-refractivity contribution in [3.63, 3.8) is 0 Å². The molecule has 0 unspecified atom stereocenters. The van der Waals surface area contributed by atoms with E-state index in [9.17, 15) is 9.59 Å². The first-order valence-electron chi connectivity index (χ1n) is 9.12. The van der Waals surface area contributed by atoms with E-state index < -0.39 is 0 Å². The average molecular weight is 348 g/mol. The number of rotatable bonds is 9. The highest BCUT2D eigenvalue weighted by Gasteiger charge is 2.19. The number of benzene rings is 1. The number of hydrogen-bond acceptors (Lipinski definition) is 3. The quantitative estimate of drug-likeness (QED) is 0.690. The molecule has 0 aromatic heterocycles. The molecular weight excluding hydrogens is 314 g/mol. The molecule has 0 aliphatic heterocycles. The van der Waals surface area contributed by atoms with Gasteiger partial charge >= 0.3 is 0 Å². The third-order valence-electron chi connectivity index (χ3n) is 4.33. The van der Waals surface area contributed by atoms with E-state index in [2.05, 4.69) is 25.7 Å². The zero-order valence-electron chi connectivity index (χ0n) is 16.6. The molecule has 0 fully saturated rings. The van der Waals surface area contributed by atoms with Crippen LogP contribution < -0.4 is 0 Å². The van der Waals surface area contributed by atoms with Crippen LogP contribution in [0.2, 0.25) is 0 Å². The second-order valence-corrected chi connectivity index (χ2v) is 6.87. The molecule has 1 aromatic rings. The van der Waals surface area contributed by atoms with Crippen LogP contribution in [-0.2, 0) is 11.3 Å². The van der Waals surface area contributed by atoms with Gasteiger partial charge in [-0.3, -0.25) is 14.5 Å². The van der Waals surface area contributed by atoms with Gasteiger partial charge < -0.3 is 9.80 Å². The van der Waals surface area contributed by atoms with Gasteiger partial charge in [0.05, 0.1) is 0 Å². The maximum atomic E-state index is 12.7. The highest BCUT2D eigenvalue weighted by Crippen LogP contribution is 2.12. The standard InChI is InChI=1S/C20H33N3O2/c1-7-13-23(15-19(24)21(5)6)20(25)18-11-9-17(10-12-18)14-22(8-2)16(3)4/h9-12,16H,7-8,13-15H2,1-6H3. The molecule has 0 radical (unpaired) electrons. The van der Waals surface area contributed by atoms with Gasteiger partial charge in [-0.15, -0.1) is 0 Å². The Morgan fingerprint density at radius 3 is 2.08 bits per heavy atom. The Morgan fingerprint density at radius 2 is 1.64 bits per heavy atom. The van der Waals surface area contributed by atoms with E-state index in [1.54, 1.807) is 19.0 Å². The minimum absolute atomic E-state index is 0.0612. The summed E-state index contributed by atoms with van der Waals surface area (Å²) in [5.74, 6) is -0.145. The summed E-state index contributed by atoms with van der Waals surface area (Å²) in [7, 11) is 3.42. The van der Waals surface area contributed by atoms with Crippen molar-refractivity contribution in [2.75, 3.05) is 33.7 Å². The summed E-state index contributed by atoms with van der Waals surface area (Å²) in [5, 5.41) is 0. The van der Waals surface area contributed by atoms with E-state index in [-0.39, 0.29) is 18.4 Å². The first kappa shape index (κ1) is 21.2. The molecule has 0 saturated carbocycles. The average Bonchev–Trinajstić information content (AvgIpc) is 2.58. The molecule has 0 heterocycles. The molecule has 2 amide bonds. The Morgan fingerprint density at radius 1 is 1.04 bits per heavy atom. The van der Waals surface area contributed by atoms with Crippen LogP contribution in [0.5, 0.6) is 0 Å². The van der Waals surface area contributed by atoms with E-state index in [0.29, 0.717) is 18.2 Å². The van der Waals surface area contributed by atoms with Crippen molar-refractivity contribution in [1.29, 1.82) is 0 Å². The van der Waals surface area contributed by atoms with Crippen LogP contribution in [0.25, 0.3) is 0 Å². The normalized spacial score (nSPS) is 11.0. The van der Waals surface area contributed by atoms with Gasteiger partial charge in [0.25, 0.3) is 5.91 Å². The maximum Gasteiger partial charge on any atom is 0.254 e. The molecule has 5 heteroatoms. The first-order chi connectivity index (χ1) is 11.8. The molecule has 0 bridgehead atoms. The van der Waals surface area contributed by atoms with Crippen LogP contribution in [0.15, 0.2) is 24.3 Å². The third-order valence-corrected chi connectivity index (χ3v) is 4.33. The minimum Gasteiger partial charge on any atom is -0.347 e. The van der Waals surface area contributed by atoms with Crippen molar-refractivity contribution in [2.45, 2.75) is 46.7 Å². The summed E-state index contributed by atoms with van der Waals surface area (Å²) in [6.07, 6.45) is 0.824. The second kappa shape index (κ2) is 10.2. The van der Waals surface area contributed by atoms with Crippen LogP contribution in [0.3, 0.4) is 0 Å². The van der Waals surface area contributed by atoms with Crippen molar-refractivity contribution in [1.82, 2.24) is 14.7 Å². The van der Waals surface area contributed by atoms with E-state index in [1.807, 2.05) is 31.2 Å². The molecule has 0 spiro atoms. The molecule has 140 valence electrons. The van der Waals surface area contributed by atoms with Crippen molar-refractivity contribution in [2.24, 2.45) is 0 Å². The summed E-state index contributed by atoms with van der Waals surface area (Å²) < 4.78 is 0. The van der Waals surface area contributed by atoms with Gasteiger partial charge in [-0.1, -0.05) is 26.0 Å². The van der Waals surface area contributed by atoms with Crippen molar-refractivity contribution in [3.8, 4) is 0 Å². The monoisotopic (exact) mass is 347 g/mol. The predicted molar refractivity (Wildman–Crippen MR) is 103 cm³/mol. The van der Waals surface area contributed by atoms with Crippen LogP contribution in [0.1, 0.15) is 50.0 Å². The van der Waals surface area contributed by atoms with E-state index in [0.717, 1.165) is 19.5 Å². The van der Waals surface area contributed by atoms with Gasteiger partial charge in [-0.2, -0.15) is 0 Å². The largest absolute Gasteiger partial charge is 0.347 e. The Bertz CT molecular complexity index is 553. The summed E-state index contributed by atoms with van der Waals surface area (Å²) in [4.78, 5) is 30.2. The second-order valence-electron chi connectivity index (χ2n) is 6.87. The number of carbonyl (C=O) groups excluding carboxylic acids is 2. The number of carbonyl (C=O) groups is 2. The Kier molecular flexibility index (Phi) is 8.62. The third kappa shape index (κ3) is 6.50. The molecule has 0 aliphatic rings. The lowest BCUT2D eigenvalue weighted by Crippen LogP contribution is -2.40. The van der Waals surface area contributed by atoms with Crippen LogP contribution in [0.4, 0.5) is 0 Å². The topological polar surface area (TPSA) is 43.9 Å². The first-order valence-corrected chi connectivity index (χ1v) is 9.12. The Balaban J connectivity index is 2.84. The zero-order chi connectivity index (χ0) is 19.0. The fraction of sp³-hybridized carbons (Fsp3) is 0.600. The van der Waals surface area contributed by atoms with Crippen molar-refractivity contribution >= 4 is 11.8 Å². The molecule has 0 saturated heterocycles. The maximum absolute atomic E-state index is 12.7. The molecule has 1 rings (SSSR count). The van der Waals surface area contributed by atoms with Crippen molar-refractivity contribution in [3.05, 3.63) is 35.4 Å². The lowest BCUT2D eigenvalue weighted by molar-refractivity contribution is -0.129. The highest BCUT2D eigenvalue weighted by molar-refractivity contribution is 5.96. The Labute approximate surface area is 152 Å². The van der Waals surface area contributed by atoms with E-state index >= 15 is 0 Å². The summed E-state index contributed by atoms with van der Waals surface area (Å²) in [6, 6.07) is 8.25. The summed E-state index contributed by atoms with van der Waals surface area (Å²) in [6.45, 7) is 11.1. The van der Waals surface area contributed by atoms with Crippen LogP contribution >= 0.6 is 0 Å². The SMILES string of the molecule is CCCN(CC(=O)N(C)C)C(=O)c1ccc(CN(CC)C(C)C)cc1. The van der Waals surface area contributed by atoms with E-state index in [4.69, 9.17) is 0 Å². The van der Waals surface area contributed by atoms with Crippen molar-refractivity contribution < 1.29 is 9.59 Å². The molecule has 0 aliphatic carbocycles. The van der Waals surface area contributed by atoms with Gasteiger partial charge in [0.15, 0.2) is 0 Å². The molecular formula is C20H33N3O2. The fourth-order valence-electron chi connectivity index (χ4n) is 2.66. The summed E-state index contributed by atoms with van der Waals surface area (Å²) in [5.41, 5.74) is 1.83. The van der Waals surface area contributed by atoms with E-state index in [1.165, 1.54) is 10.5 Å². The zero-order valence-corrected chi connectivity index (χ0v) is 16.6. The minimum atomic E-state index is -0.0835. The molecule has 1 aromatic carbocycles. The molecule has 25 heavy (non-hydrogen) atoms. The van der Waals surface area contributed by atoms with Gasteiger partial charge in [-0.25, -0.2) is 0 Å². The van der Waals surface area contributed by atoms with Gasteiger partial charge in [-0.05, 0) is 44.5 Å². The number of amides is 2. The number of hydrogen-bond donors (Lipinski definition) is 0. The molecule has 5 nitrogen and oxygen atoms in total. The summed E-state index contributed by atoms with van der Waals surface area (Å²) >= 11 is 0. The van der Waals surface area contributed by atoms with Gasteiger partial charge in [0.2, 0.25) is 5.91 Å². The predicted octanol–water partition coefficient (Wildman–Crippen LogP) is 2.86. The van der Waals surface area contributed by atoms with Gasteiger partial charge in [0, 0.05) is 38.8 Å². The smallest absolute Gasteiger partial charge is 0.254 e. The van der Waals surface area contributed by atoms with Gasteiger partial charge in [0.1, 0.15) is 6.54 Å². The molecule has 0 N–H and O–H groups in total. The lowest BCUT2D eigenvalue weighted by atomic mass is 10.1. The van der Waals surface area contributed by atoms with Crippen LogP contribution in [0, 0.1) is 0 Å².